The van der Waals surface area contributed by atoms with Crippen molar-refractivity contribution in [3.05, 3.63) is 59.9 Å². The second-order valence-electron chi connectivity index (χ2n) is 4.90. The van der Waals surface area contributed by atoms with Crippen LogP contribution in [0, 0.1) is 0 Å². The quantitative estimate of drug-likeness (QED) is 0.830. The van der Waals surface area contributed by atoms with Gasteiger partial charge >= 0.3 is 0 Å². The monoisotopic (exact) mass is 315 g/mol. The molecule has 1 heterocycles. The number of thiocarbonyl (C=S) groups is 1. The van der Waals surface area contributed by atoms with E-state index in [1.807, 2.05) is 31.3 Å². The molecule has 0 unspecified atom stereocenters. The van der Waals surface area contributed by atoms with E-state index in [-0.39, 0.29) is 0 Å². The fourth-order valence-electron chi connectivity index (χ4n) is 2.13. The largest absolute Gasteiger partial charge is 0.497 e. The SMILES string of the molecule is CCNC(=S)N(Cc1ccc(OC)cc1)Cc1cccnc1. The van der Waals surface area contributed by atoms with Crippen LogP contribution in [-0.4, -0.2) is 28.7 Å². The van der Waals surface area contributed by atoms with Crippen molar-refractivity contribution in [2.75, 3.05) is 13.7 Å². The van der Waals surface area contributed by atoms with Crippen LogP contribution in [0.3, 0.4) is 0 Å². The Morgan fingerprint density at radius 2 is 1.91 bits per heavy atom. The normalized spacial score (nSPS) is 10.1. The van der Waals surface area contributed by atoms with Gasteiger partial charge in [0.15, 0.2) is 5.11 Å². The summed E-state index contributed by atoms with van der Waals surface area (Å²) in [6.07, 6.45) is 3.65. The highest BCUT2D eigenvalue weighted by atomic mass is 32.1. The number of hydrogen-bond acceptors (Lipinski definition) is 3. The van der Waals surface area contributed by atoms with Gasteiger partial charge in [-0.2, -0.15) is 0 Å². The van der Waals surface area contributed by atoms with Crippen molar-refractivity contribution in [1.82, 2.24) is 15.2 Å². The Morgan fingerprint density at radius 3 is 2.50 bits per heavy atom. The first-order valence-electron chi connectivity index (χ1n) is 7.27. The van der Waals surface area contributed by atoms with Gasteiger partial charge in [-0.1, -0.05) is 18.2 Å². The van der Waals surface area contributed by atoms with E-state index in [9.17, 15) is 0 Å². The van der Waals surface area contributed by atoms with E-state index in [1.165, 1.54) is 5.56 Å². The van der Waals surface area contributed by atoms with Gasteiger partial charge in [0.2, 0.25) is 0 Å². The van der Waals surface area contributed by atoms with Crippen LogP contribution in [0.15, 0.2) is 48.8 Å². The lowest BCUT2D eigenvalue weighted by Crippen LogP contribution is -2.38. The number of ether oxygens (including phenoxy) is 1. The van der Waals surface area contributed by atoms with E-state index in [1.54, 1.807) is 13.3 Å². The number of nitrogens with zero attached hydrogens (tertiary/aromatic N) is 2. The third-order valence-electron chi connectivity index (χ3n) is 3.24. The first-order valence-corrected chi connectivity index (χ1v) is 7.68. The third-order valence-corrected chi connectivity index (χ3v) is 3.65. The van der Waals surface area contributed by atoms with Crippen molar-refractivity contribution in [3.8, 4) is 5.75 Å². The molecular formula is C17H21N3OS. The van der Waals surface area contributed by atoms with Crippen molar-refractivity contribution in [2.24, 2.45) is 0 Å². The first kappa shape index (κ1) is 16.2. The van der Waals surface area contributed by atoms with Crippen molar-refractivity contribution >= 4 is 17.3 Å². The summed E-state index contributed by atoms with van der Waals surface area (Å²) < 4.78 is 5.20. The van der Waals surface area contributed by atoms with E-state index < -0.39 is 0 Å². The standard InChI is InChI=1S/C17H21N3OS/c1-3-19-17(22)20(13-15-5-4-10-18-11-15)12-14-6-8-16(21-2)9-7-14/h4-11H,3,12-13H2,1-2H3,(H,19,22). The summed E-state index contributed by atoms with van der Waals surface area (Å²) in [6.45, 7) is 4.32. The van der Waals surface area contributed by atoms with Gasteiger partial charge in [-0.25, -0.2) is 0 Å². The topological polar surface area (TPSA) is 37.4 Å². The fraction of sp³-hybridized carbons (Fsp3) is 0.294. The van der Waals surface area contributed by atoms with E-state index in [2.05, 4.69) is 33.4 Å². The molecule has 2 rings (SSSR count). The average molecular weight is 315 g/mol. The summed E-state index contributed by atoms with van der Waals surface area (Å²) in [4.78, 5) is 6.30. The zero-order chi connectivity index (χ0) is 15.8. The zero-order valence-electron chi connectivity index (χ0n) is 13.0. The Labute approximate surface area is 137 Å². The Bertz CT molecular complexity index is 587. The van der Waals surface area contributed by atoms with E-state index in [4.69, 9.17) is 17.0 Å². The minimum atomic E-state index is 0.728. The maximum absolute atomic E-state index is 5.49. The summed E-state index contributed by atoms with van der Waals surface area (Å²) in [7, 11) is 1.67. The molecule has 1 N–H and O–H groups in total. The molecule has 0 atom stereocenters. The number of rotatable bonds is 6. The molecule has 1 aromatic carbocycles. The molecule has 0 radical (unpaired) electrons. The molecule has 0 aliphatic carbocycles. The maximum Gasteiger partial charge on any atom is 0.169 e. The second kappa shape index (κ2) is 8.34. The molecule has 5 heteroatoms. The van der Waals surface area contributed by atoms with Gasteiger partial charge in [0.1, 0.15) is 5.75 Å². The van der Waals surface area contributed by atoms with Gasteiger partial charge in [0.05, 0.1) is 7.11 Å². The molecule has 0 fully saturated rings. The van der Waals surface area contributed by atoms with Gasteiger partial charge < -0.3 is 15.0 Å². The van der Waals surface area contributed by atoms with Gasteiger partial charge in [0, 0.05) is 32.0 Å². The van der Waals surface area contributed by atoms with Crippen LogP contribution in [0.1, 0.15) is 18.1 Å². The molecule has 0 amide bonds. The molecule has 22 heavy (non-hydrogen) atoms. The van der Waals surface area contributed by atoms with E-state index >= 15 is 0 Å². The molecule has 0 saturated heterocycles. The second-order valence-corrected chi connectivity index (χ2v) is 5.29. The highest BCUT2D eigenvalue weighted by Crippen LogP contribution is 2.14. The van der Waals surface area contributed by atoms with Gasteiger partial charge in [-0.15, -0.1) is 0 Å². The van der Waals surface area contributed by atoms with Crippen LogP contribution in [0.5, 0.6) is 5.75 Å². The number of hydrogen-bond donors (Lipinski definition) is 1. The number of methoxy groups -OCH3 is 1. The number of nitrogens with one attached hydrogen (secondary N) is 1. The Morgan fingerprint density at radius 1 is 1.18 bits per heavy atom. The highest BCUT2D eigenvalue weighted by molar-refractivity contribution is 7.80. The van der Waals surface area contributed by atoms with E-state index in [0.717, 1.165) is 36.1 Å². The summed E-state index contributed by atoms with van der Waals surface area (Å²) in [5.74, 6) is 0.858. The summed E-state index contributed by atoms with van der Waals surface area (Å²) >= 11 is 5.49. The molecule has 0 bridgehead atoms. The average Bonchev–Trinajstić information content (AvgIpc) is 2.56. The predicted octanol–water partition coefficient (Wildman–Crippen LogP) is 2.99. The number of benzene rings is 1. The lowest BCUT2D eigenvalue weighted by Gasteiger charge is -2.26. The molecule has 0 aliphatic heterocycles. The third kappa shape index (κ3) is 4.70. The molecule has 0 aliphatic rings. The lowest BCUT2D eigenvalue weighted by molar-refractivity contribution is 0.397. The van der Waals surface area contributed by atoms with Crippen molar-refractivity contribution in [3.63, 3.8) is 0 Å². The minimum Gasteiger partial charge on any atom is -0.497 e. The first-order chi connectivity index (χ1) is 10.7. The van der Waals surface area contributed by atoms with Crippen molar-refractivity contribution < 1.29 is 4.74 Å². The zero-order valence-corrected chi connectivity index (χ0v) is 13.8. The molecular weight excluding hydrogens is 294 g/mol. The fourth-order valence-corrected chi connectivity index (χ4v) is 2.40. The Kier molecular flexibility index (Phi) is 6.15. The van der Waals surface area contributed by atoms with Crippen LogP contribution in [0.25, 0.3) is 0 Å². The number of pyridine rings is 1. The van der Waals surface area contributed by atoms with Gasteiger partial charge in [-0.05, 0) is 48.5 Å². The van der Waals surface area contributed by atoms with Crippen molar-refractivity contribution in [2.45, 2.75) is 20.0 Å². The Hall–Kier alpha value is -2.14. The molecule has 116 valence electrons. The number of aromatic nitrogens is 1. The molecule has 0 saturated carbocycles. The summed E-state index contributed by atoms with van der Waals surface area (Å²) in [5.41, 5.74) is 2.32. The minimum absolute atomic E-state index is 0.728. The molecule has 1 aromatic heterocycles. The van der Waals surface area contributed by atoms with E-state index in [0.29, 0.717) is 0 Å². The van der Waals surface area contributed by atoms with Crippen molar-refractivity contribution in [1.29, 1.82) is 0 Å². The highest BCUT2D eigenvalue weighted by Gasteiger charge is 2.11. The van der Waals surface area contributed by atoms with Crippen LogP contribution in [0.2, 0.25) is 0 Å². The van der Waals surface area contributed by atoms with Crippen LogP contribution in [-0.2, 0) is 13.1 Å². The van der Waals surface area contributed by atoms with Gasteiger partial charge in [0.25, 0.3) is 0 Å². The maximum atomic E-state index is 5.49. The molecule has 0 spiro atoms. The van der Waals surface area contributed by atoms with Crippen LogP contribution in [0.4, 0.5) is 0 Å². The smallest absolute Gasteiger partial charge is 0.169 e. The Balaban J connectivity index is 2.11. The lowest BCUT2D eigenvalue weighted by atomic mass is 10.2. The summed E-state index contributed by atoms with van der Waals surface area (Å²) in [6, 6.07) is 12.1. The summed E-state index contributed by atoms with van der Waals surface area (Å²) in [5, 5.41) is 3.97. The predicted molar refractivity (Wildman–Crippen MR) is 92.8 cm³/mol. The van der Waals surface area contributed by atoms with Crippen LogP contribution >= 0.6 is 12.2 Å². The molecule has 2 aromatic rings. The molecule has 4 nitrogen and oxygen atoms in total. The van der Waals surface area contributed by atoms with Gasteiger partial charge in [-0.3, -0.25) is 4.98 Å². The van der Waals surface area contributed by atoms with Crippen LogP contribution < -0.4 is 10.1 Å².